The van der Waals surface area contributed by atoms with Crippen molar-refractivity contribution in [2.75, 3.05) is 13.2 Å². The number of aliphatic hydroxyl groups excluding tert-OH is 1. The third kappa shape index (κ3) is 4.45. The van der Waals surface area contributed by atoms with Crippen LogP contribution in [0, 0.1) is 18.2 Å². The number of Topliss-reactive ketones (excluding diaryl/α,β-unsaturated/α-hetero) is 1. The zero-order chi connectivity index (χ0) is 23.8. The third-order valence-electron chi connectivity index (χ3n) is 5.89. The smallest absolute Gasteiger partial charge is 0.432 e. The van der Waals surface area contributed by atoms with Gasteiger partial charge in [0.25, 0.3) is 0 Å². The summed E-state index contributed by atoms with van der Waals surface area (Å²) in [6.45, 7) is 1.35. The van der Waals surface area contributed by atoms with Crippen molar-refractivity contribution in [3.05, 3.63) is 47.8 Å². The first-order chi connectivity index (χ1) is 15.6. The van der Waals surface area contributed by atoms with E-state index in [4.69, 9.17) is 4.74 Å². The van der Waals surface area contributed by atoms with E-state index in [1.807, 2.05) is 4.98 Å². The molecule has 0 amide bonds. The second-order valence-corrected chi connectivity index (χ2v) is 8.04. The van der Waals surface area contributed by atoms with Crippen LogP contribution in [-0.4, -0.2) is 44.0 Å². The minimum absolute atomic E-state index is 0.117. The van der Waals surface area contributed by atoms with Crippen LogP contribution in [0.1, 0.15) is 30.5 Å². The highest BCUT2D eigenvalue weighted by Crippen LogP contribution is 2.42. The monoisotopic (exact) mass is 464 g/mol. The van der Waals surface area contributed by atoms with Gasteiger partial charge in [-0.25, -0.2) is 19.3 Å². The van der Waals surface area contributed by atoms with Gasteiger partial charge in [0.05, 0.1) is 11.6 Å². The fourth-order valence-corrected chi connectivity index (χ4v) is 3.74. The summed E-state index contributed by atoms with van der Waals surface area (Å²) in [7, 11) is 0. The lowest BCUT2D eigenvalue weighted by molar-refractivity contribution is -0.141. The van der Waals surface area contributed by atoms with E-state index in [0.29, 0.717) is 35.7 Å². The molecule has 3 aromatic heterocycles. The molecule has 1 saturated carbocycles. The largest absolute Gasteiger partial charge is 0.477 e. The number of nitrogens with one attached hydrogen (secondary N) is 1. The quantitative estimate of drug-likeness (QED) is 0.511. The lowest BCUT2D eigenvalue weighted by Crippen LogP contribution is -2.44. The zero-order valence-electron chi connectivity index (χ0n) is 17.5. The number of hydrogen-bond acceptors (Lipinski definition) is 6. The number of alkyl halides is 3. The first-order valence-corrected chi connectivity index (χ1v) is 10.1. The number of aryl methyl sites for hydroxylation is 1. The van der Waals surface area contributed by atoms with Gasteiger partial charge in [0.2, 0.25) is 5.88 Å². The normalized spacial score (nSPS) is 15.2. The number of ether oxygens (including phenoxy) is 1. The van der Waals surface area contributed by atoms with Crippen molar-refractivity contribution in [3.63, 3.8) is 0 Å². The van der Waals surface area contributed by atoms with Crippen molar-refractivity contribution in [1.82, 2.24) is 19.9 Å². The number of aromatic nitrogens is 4. The van der Waals surface area contributed by atoms with E-state index in [1.54, 1.807) is 13.0 Å². The summed E-state index contributed by atoms with van der Waals surface area (Å²) in [6.07, 6.45) is 0.946. The molecule has 0 bridgehead atoms. The van der Waals surface area contributed by atoms with Crippen LogP contribution in [0.15, 0.2) is 30.7 Å². The van der Waals surface area contributed by atoms with Crippen molar-refractivity contribution in [2.24, 2.45) is 5.41 Å². The molecule has 0 radical (unpaired) electrons. The Balaban J connectivity index is 1.52. The lowest BCUT2D eigenvalue weighted by atomic mass is 9.66. The molecule has 0 aliphatic heterocycles. The van der Waals surface area contributed by atoms with Crippen LogP contribution in [0.2, 0.25) is 0 Å². The maximum absolute atomic E-state index is 14.6. The number of H-pyrrole nitrogens is 1. The zero-order valence-corrected chi connectivity index (χ0v) is 17.5. The number of carbonyl (C=O) groups excluding carboxylic acids is 1. The topological polar surface area (TPSA) is 101 Å². The Labute approximate surface area is 185 Å². The Bertz CT molecular complexity index is 1190. The van der Waals surface area contributed by atoms with Crippen LogP contribution in [0.5, 0.6) is 5.88 Å². The van der Waals surface area contributed by atoms with Crippen LogP contribution in [0.3, 0.4) is 0 Å². The third-order valence-corrected chi connectivity index (χ3v) is 5.89. The predicted octanol–water partition coefficient (Wildman–Crippen LogP) is 4.11. The first kappa shape index (κ1) is 22.8. The van der Waals surface area contributed by atoms with Crippen LogP contribution in [0.4, 0.5) is 17.6 Å². The van der Waals surface area contributed by atoms with Gasteiger partial charge in [-0.05, 0) is 31.4 Å². The molecular formula is C22H20F4N4O3. The number of carbonyl (C=O) groups is 1. The van der Waals surface area contributed by atoms with Crippen molar-refractivity contribution in [3.8, 4) is 28.5 Å². The maximum atomic E-state index is 14.6. The highest BCUT2D eigenvalue weighted by Gasteiger charge is 2.44. The number of nitrogens with zero attached hydrogens (tertiary/aromatic N) is 3. The van der Waals surface area contributed by atoms with Gasteiger partial charge in [-0.3, -0.25) is 4.79 Å². The van der Waals surface area contributed by atoms with Crippen molar-refractivity contribution >= 4 is 5.78 Å². The number of imidazole rings is 1. The van der Waals surface area contributed by atoms with Crippen LogP contribution in [-0.2, 0) is 11.0 Å². The molecule has 4 rings (SSSR count). The molecule has 174 valence electrons. The van der Waals surface area contributed by atoms with Crippen molar-refractivity contribution < 1.29 is 32.2 Å². The lowest BCUT2D eigenvalue weighted by Gasteiger charge is -2.39. The van der Waals surface area contributed by atoms with Gasteiger partial charge in [0.1, 0.15) is 24.6 Å². The van der Waals surface area contributed by atoms with Gasteiger partial charge < -0.3 is 14.8 Å². The first-order valence-electron chi connectivity index (χ1n) is 10.1. The molecule has 7 nitrogen and oxygen atoms in total. The van der Waals surface area contributed by atoms with Gasteiger partial charge in [0.15, 0.2) is 17.4 Å². The number of aromatic amines is 1. The molecule has 1 aliphatic carbocycles. The van der Waals surface area contributed by atoms with Gasteiger partial charge >= 0.3 is 6.18 Å². The molecule has 0 saturated heterocycles. The molecular weight excluding hydrogens is 444 g/mol. The van der Waals surface area contributed by atoms with Crippen LogP contribution in [0.25, 0.3) is 22.6 Å². The van der Waals surface area contributed by atoms with Crippen molar-refractivity contribution in [2.45, 2.75) is 32.4 Å². The molecule has 33 heavy (non-hydrogen) atoms. The Morgan fingerprint density at radius 1 is 1.18 bits per heavy atom. The fourth-order valence-electron chi connectivity index (χ4n) is 3.74. The molecule has 0 unspecified atom stereocenters. The minimum atomic E-state index is -4.63. The van der Waals surface area contributed by atoms with Gasteiger partial charge in [-0.1, -0.05) is 6.42 Å². The molecule has 3 aromatic rings. The average molecular weight is 464 g/mol. The highest BCUT2D eigenvalue weighted by atomic mass is 19.4. The van der Waals surface area contributed by atoms with E-state index < -0.39 is 29.7 Å². The van der Waals surface area contributed by atoms with E-state index in [2.05, 4.69) is 15.0 Å². The van der Waals surface area contributed by atoms with Gasteiger partial charge in [-0.2, -0.15) is 13.2 Å². The summed E-state index contributed by atoms with van der Waals surface area (Å²) in [5, 5.41) is 9.18. The second kappa shape index (κ2) is 8.54. The van der Waals surface area contributed by atoms with E-state index >= 15 is 0 Å². The average Bonchev–Trinajstić information content (AvgIpc) is 3.23. The number of hydrogen-bond donors (Lipinski definition) is 2. The summed E-state index contributed by atoms with van der Waals surface area (Å²) in [5.74, 6) is -1.13. The van der Waals surface area contributed by atoms with E-state index in [0.717, 1.165) is 12.5 Å². The standard InChI is InChI=1S/C22H20F4N4O3/c1-12-5-18(33-11-21(3-2-4-21)17(32)10-31)27-8-14(12)13-6-15(23)19(28-7-13)20-29-9-16(30-20)22(24,25)26/h5-9,31H,2-4,10-11H2,1H3,(H,29,30). The predicted molar refractivity (Wildman–Crippen MR) is 109 cm³/mol. The molecule has 2 N–H and O–H groups in total. The second-order valence-electron chi connectivity index (χ2n) is 8.04. The van der Waals surface area contributed by atoms with E-state index in [-0.39, 0.29) is 29.8 Å². The summed E-state index contributed by atoms with van der Waals surface area (Å²) < 4.78 is 58.6. The summed E-state index contributed by atoms with van der Waals surface area (Å²) in [6, 6.07) is 2.78. The summed E-state index contributed by atoms with van der Waals surface area (Å²) in [4.78, 5) is 25.8. The molecule has 1 fully saturated rings. The molecule has 11 heteroatoms. The maximum Gasteiger partial charge on any atom is 0.432 e. The molecule has 0 spiro atoms. The molecule has 0 atom stereocenters. The molecule has 1 aliphatic rings. The Morgan fingerprint density at radius 3 is 2.48 bits per heavy atom. The van der Waals surface area contributed by atoms with Crippen molar-refractivity contribution in [1.29, 1.82) is 0 Å². The summed E-state index contributed by atoms with van der Waals surface area (Å²) >= 11 is 0. The molecule has 0 aromatic carbocycles. The fraction of sp³-hybridized carbons (Fsp3) is 0.364. The number of pyridine rings is 2. The summed E-state index contributed by atoms with van der Waals surface area (Å²) in [5.41, 5.74) is -0.477. The van der Waals surface area contributed by atoms with Gasteiger partial charge in [0, 0.05) is 29.6 Å². The van der Waals surface area contributed by atoms with E-state index in [1.165, 1.54) is 12.4 Å². The Kier molecular flexibility index (Phi) is 5.91. The number of aliphatic hydroxyl groups is 1. The number of halogens is 4. The van der Waals surface area contributed by atoms with Crippen LogP contribution < -0.4 is 4.74 Å². The Hall–Kier alpha value is -3.34. The Morgan fingerprint density at radius 2 is 1.94 bits per heavy atom. The van der Waals surface area contributed by atoms with Gasteiger partial charge in [-0.15, -0.1) is 0 Å². The number of rotatable bonds is 7. The minimum Gasteiger partial charge on any atom is -0.477 e. The van der Waals surface area contributed by atoms with Crippen LogP contribution >= 0.6 is 0 Å². The number of ketones is 1. The highest BCUT2D eigenvalue weighted by molar-refractivity contribution is 5.86. The molecule has 3 heterocycles. The van der Waals surface area contributed by atoms with E-state index in [9.17, 15) is 27.5 Å². The SMILES string of the molecule is Cc1cc(OCC2(C(=O)CO)CCC2)ncc1-c1cnc(-c2ncc(C(F)(F)F)[nH]2)c(F)c1.